The molecular formula is C15H12N2O4S3. The Morgan fingerprint density at radius 2 is 2.04 bits per heavy atom. The maximum Gasteiger partial charge on any atom is 0.348 e. The van der Waals surface area contributed by atoms with E-state index in [0.29, 0.717) is 15.4 Å². The molecule has 2 heterocycles. The van der Waals surface area contributed by atoms with Crippen molar-refractivity contribution in [2.75, 3.05) is 4.72 Å². The number of rotatable bonds is 5. The number of carboxylic acid groups (broad SMARTS) is 1. The van der Waals surface area contributed by atoms with Crippen LogP contribution in [0.2, 0.25) is 0 Å². The van der Waals surface area contributed by atoms with Crippen molar-refractivity contribution >= 4 is 44.4 Å². The molecule has 9 heteroatoms. The minimum Gasteiger partial charge on any atom is -0.477 e. The molecule has 3 aromatic rings. The fourth-order valence-corrected chi connectivity index (χ4v) is 5.17. The Morgan fingerprint density at radius 1 is 1.29 bits per heavy atom. The van der Waals surface area contributed by atoms with Crippen LogP contribution in [-0.4, -0.2) is 24.5 Å². The number of benzene rings is 1. The van der Waals surface area contributed by atoms with Gasteiger partial charge in [0.15, 0.2) is 0 Å². The fraction of sp³-hybridized carbons (Fsp3) is 0.0667. The van der Waals surface area contributed by atoms with Gasteiger partial charge in [-0.15, -0.1) is 22.7 Å². The molecule has 3 rings (SSSR count). The van der Waals surface area contributed by atoms with Crippen LogP contribution in [0.5, 0.6) is 0 Å². The molecule has 2 N–H and O–H groups in total. The van der Waals surface area contributed by atoms with Crippen molar-refractivity contribution in [2.45, 2.75) is 11.8 Å². The topological polar surface area (TPSA) is 96.4 Å². The van der Waals surface area contributed by atoms with Crippen LogP contribution in [0.15, 0.2) is 46.8 Å². The van der Waals surface area contributed by atoms with Crippen molar-refractivity contribution in [1.82, 2.24) is 4.98 Å². The minimum absolute atomic E-state index is 0.0425. The van der Waals surface area contributed by atoms with Crippen LogP contribution in [0, 0.1) is 6.92 Å². The Kier molecular flexibility index (Phi) is 4.39. The molecule has 24 heavy (non-hydrogen) atoms. The Labute approximate surface area is 146 Å². The molecule has 0 spiro atoms. The number of anilines is 1. The average molecular weight is 380 g/mol. The molecular weight excluding hydrogens is 368 g/mol. The highest BCUT2D eigenvalue weighted by Gasteiger charge is 2.23. The second kappa shape index (κ2) is 6.34. The summed E-state index contributed by atoms with van der Waals surface area (Å²) in [4.78, 5) is 16.2. The van der Waals surface area contributed by atoms with Crippen LogP contribution in [0.3, 0.4) is 0 Å². The highest BCUT2D eigenvalue weighted by Crippen LogP contribution is 2.36. The number of aromatic carboxylic acids is 1. The lowest BCUT2D eigenvalue weighted by atomic mass is 10.2. The monoisotopic (exact) mass is 380 g/mol. The van der Waals surface area contributed by atoms with E-state index in [1.54, 1.807) is 36.7 Å². The lowest BCUT2D eigenvalue weighted by Gasteiger charge is -2.09. The first kappa shape index (κ1) is 16.6. The van der Waals surface area contributed by atoms with Gasteiger partial charge < -0.3 is 5.11 Å². The number of nitrogens with one attached hydrogen (secondary N) is 1. The summed E-state index contributed by atoms with van der Waals surface area (Å²) in [5, 5.41) is 11.8. The van der Waals surface area contributed by atoms with Crippen molar-refractivity contribution in [3.8, 4) is 9.88 Å². The molecule has 0 bridgehead atoms. The Bertz CT molecular complexity index is 992. The molecule has 124 valence electrons. The Hall–Kier alpha value is -2.23. The summed E-state index contributed by atoms with van der Waals surface area (Å²) in [7, 11) is -3.88. The summed E-state index contributed by atoms with van der Waals surface area (Å²) in [5.41, 5.74) is 0.623. The summed E-state index contributed by atoms with van der Waals surface area (Å²) >= 11 is 2.34. The zero-order valence-corrected chi connectivity index (χ0v) is 14.8. The third kappa shape index (κ3) is 3.18. The molecule has 0 amide bonds. The number of hydrogen-bond acceptors (Lipinski definition) is 6. The van der Waals surface area contributed by atoms with Crippen LogP contribution in [0.1, 0.15) is 15.2 Å². The quantitative estimate of drug-likeness (QED) is 0.704. The van der Waals surface area contributed by atoms with Gasteiger partial charge in [-0.05, 0) is 24.6 Å². The molecule has 0 aliphatic heterocycles. The molecule has 2 aromatic heterocycles. The van der Waals surface area contributed by atoms with Crippen molar-refractivity contribution in [3.05, 3.63) is 52.3 Å². The van der Waals surface area contributed by atoms with Gasteiger partial charge in [0.05, 0.1) is 15.5 Å². The lowest BCUT2D eigenvalue weighted by Crippen LogP contribution is -2.15. The van der Waals surface area contributed by atoms with Crippen LogP contribution in [0.4, 0.5) is 5.69 Å². The first-order valence-electron chi connectivity index (χ1n) is 6.74. The minimum atomic E-state index is -3.88. The highest BCUT2D eigenvalue weighted by molar-refractivity contribution is 7.92. The van der Waals surface area contributed by atoms with E-state index in [2.05, 4.69) is 9.71 Å². The number of nitrogens with zero attached hydrogens (tertiary/aromatic N) is 1. The van der Waals surface area contributed by atoms with Gasteiger partial charge in [0, 0.05) is 11.6 Å². The van der Waals surface area contributed by atoms with Crippen molar-refractivity contribution in [2.24, 2.45) is 0 Å². The van der Waals surface area contributed by atoms with Gasteiger partial charge in [0.1, 0.15) is 9.88 Å². The van der Waals surface area contributed by atoms with Crippen molar-refractivity contribution in [3.63, 3.8) is 0 Å². The zero-order chi connectivity index (χ0) is 17.3. The Morgan fingerprint density at radius 3 is 2.67 bits per heavy atom. The second-order valence-corrected chi connectivity index (χ2v) is 8.46. The molecule has 0 aliphatic rings. The number of aryl methyl sites for hydroxylation is 1. The maximum absolute atomic E-state index is 12.6. The number of thiazole rings is 1. The third-order valence-corrected chi connectivity index (χ3v) is 6.79. The normalized spacial score (nSPS) is 11.4. The molecule has 1 aromatic carbocycles. The van der Waals surface area contributed by atoms with Crippen LogP contribution in [0.25, 0.3) is 9.88 Å². The number of carboxylic acids is 1. The van der Waals surface area contributed by atoms with Gasteiger partial charge in [0.2, 0.25) is 0 Å². The fourth-order valence-electron chi connectivity index (χ4n) is 2.13. The molecule has 0 atom stereocenters. The van der Waals surface area contributed by atoms with Gasteiger partial charge in [-0.1, -0.05) is 18.2 Å². The van der Waals surface area contributed by atoms with Crippen LogP contribution < -0.4 is 4.72 Å². The van der Waals surface area contributed by atoms with E-state index in [4.69, 9.17) is 0 Å². The molecule has 0 radical (unpaired) electrons. The van der Waals surface area contributed by atoms with E-state index in [-0.39, 0.29) is 15.5 Å². The summed E-state index contributed by atoms with van der Waals surface area (Å²) in [5.74, 6) is -1.19. The molecule has 0 saturated heterocycles. The lowest BCUT2D eigenvalue weighted by molar-refractivity contribution is 0.0703. The SMILES string of the molecule is Cc1ccccc1S(=O)(=O)Nc1cc(-c2nccs2)sc1C(=O)O. The van der Waals surface area contributed by atoms with E-state index >= 15 is 0 Å². The first-order chi connectivity index (χ1) is 11.4. The number of thiophene rings is 1. The van der Waals surface area contributed by atoms with E-state index in [0.717, 1.165) is 11.3 Å². The van der Waals surface area contributed by atoms with Gasteiger partial charge in [0.25, 0.3) is 10.0 Å². The molecule has 0 saturated carbocycles. The molecule has 0 aliphatic carbocycles. The number of hydrogen-bond donors (Lipinski definition) is 2. The van der Waals surface area contributed by atoms with Crippen LogP contribution in [-0.2, 0) is 10.0 Å². The summed E-state index contributed by atoms with van der Waals surface area (Å²) in [6, 6.07) is 8.02. The average Bonchev–Trinajstić information content (AvgIpc) is 3.16. The van der Waals surface area contributed by atoms with Crippen molar-refractivity contribution < 1.29 is 18.3 Å². The molecule has 6 nitrogen and oxygen atoms in total. The number of carbonyl (C=O) groups is 1. The van der Waals surface area contributed by atoms with E-state index in [1.165, 1.54) is 23.5 Å². The summed E-state index contributed by atoms with van der Waals surface area (Å²) in [6.07, 6.45) is 1.61. The Balaban J connectivity index is 2.03. The molecule has 0 unspecified atom stereocenters. The maximum atomic E-state index is 12.6. The molecule has 0 fully saturated rings. The zero-order valence-electron chi connectivity index (χ0n) is 12.4. The predicted molar refractivity (Wildman–Crippen MR) is 94.4 cm³/mol. The van der Waals surface area contributed by atoms with Crippen molar-refractivity contribution in [1.29, 1.82) is 0 Å². The number of sulfonamides is 1. The van der Waals surface area contributed by atoms with Crippen LogP contribution >= 0.6 is 22.7 Å². The second-order valence-electron chi connectivity index (χ2n) is 4.87. The van der Waals surface area contributed by atoms with Gasteiger partial charge in [-0.2, -0.15) is 0 Å². The van der Waals surface area contributed by atoms with E-state index < -0.39 is 16.0 Å². The van der Waals surface area contributed by atoms with Gasteiger partial charge >= 0.3 is 5.97 Å². The largest absolute Gasteiger partial charge is 0.477 e. The predicted octanol–water partition coefficient (Wildman–Crippen LogP) is 3.68. The van der Waals surface area contributed by atoms with Gasteiger partial charge in [-0.3, -0.25) is 4.72 Å². The summed E-state index contributed by atoms with van der Waals surface area (Å²) < 4.78 is 27.5. The van der Waals surface area contributed by atoms with E-state index in [1.807, 2.05) is 0 Å². The summed E-state index contributed by atoms with van der Waals surface area (Å²) in [6.45, 7) is 1.68. The number of aromatic nitrogens is 1. The standard InChI is InChI=1S/C15H12N2O4S3/c1-9-4-2-3-5-12(9)24(20,21)17-10-8-11(14-16-6-7-22-14)23-13(10)15(18)19/h2-8,17H,1H3,(H,18,19). The highest BCUT2D eigenvalue weighted by atomic mass is 32.2. The smallest absolute Gasteiger partial charge is 0.348 e. The van der Waals surface area contributed by atoms with Gasteiger partial charge in [-0.25, -0.2) is 18.2 Å². The first-order valence-corrected chi connectivity index (χ1v) is 9.92. The third-order valence-electron chi connectivity index (χ3n) is 3.20. The van der Waals surface area contributed by atoms with E-state index in [9.17, 15) is 18.3 Å².